The molecule has 0 saturated heterocycles. The van der Waals surface area contributed by atoms with Gasteiger partial charge in [0.1, 0.15) is 0 Å². The summed E-state index contributed by atoms with van der Waals surface area (Å²) in [5.74, 6) is -0.595. The van der Waals surface area contributed by atoms with Crippen LogP contribution >= 0.6 is 15.9 Å². The second-order valence-electron chi connectivity index (χ2n) is 5.38. The molecular formula is C14H21BrN2O2. The highest BCUT2D eigenvalue weighted by Crippen LogP contribution is 2.35. The van der Waals surface area contributed by atoms with Crippen LogP contribution in [0.15, 0.2) is 4.47 Å². The van der Waals surface area contributed by atoms with Crippen molar-refractivity contribution >= 4 is 21.9 Å². The van der Waals surface area contributed by atoms with Crippen molar-refractivity contribution in [2.45, 2.75) is 45.4 Å². The minimum atomic E-state index is -0.640. The molecule has 0 aromatic carbocycles. The normalized spacial score (nSPS) is 23.5. The van der Waals surface area contributed by atoms with E-state index in [-0.39, 0.29) is 11.8 Å². The molecule has 106 valence electrons. The van der Waals surface area contributed by atoms with Crippen LogP contribution in [0.5, 0.6) is 0 Å². The topological polar surface area (TPSA) is 55.1 Å². The van der Waals surface area contributed by atoms with Crippen LogP contribution in [-0.4, -0.2) is 20.9 Å². The highest BCUT2D eigenvalue weighted by molar-refractivity contribution is 9.10. The highest BCUT2D eigenvalue weighted by Gasteiger charge is 2.32. The van der Waals surface area contributed by atoms with E-state index in [1.807, 2.05) is 11.7 Å². The smallest absolute Gasteiger partial charge is 0.306 e. The van der Waals surface area contributed by atoms with Gasteiger partial charge in [-0.25, -0.2) is 0 Å². The van der Waals surface area contributed by atoms with Gasteiger partial charge in [0.25, 0.3) is 0 Å². The molecule has 1 aliphatic rings. The van der Waals surface area contributed by atoms with Crippen LogP contribution in [0.3, 0.4) is 0 Å². The quantitative estimate of drug-likeness (QED) is 0.923. The first kappa shape index (κ1) is 14.6. The molecular weight excluding hydrogens is 308 g/mol. The predicted molar refractivity (Wildman–Crippen MR) is 77.1 cm³/mol. The maximum Gasteiger partial charge on any atom is 0.306 e. The lowest BCUT2D eigenvalue weighted by molar-refractivity contribution is -0.144. The molecule has 2 atom stereocenters. The number of carboxylic acid groups (broad SMARTS) is 1. The molecule has 1 aromatic heterocycles. The number of hydrogen-bond donors (Lipinski definition) is 1. The molecule has 1 aromatic rings. The molecule has 1 N–H and O–H groups in total. The van der Waals surface area contributed by atoms with E-state index in [1.54, 1.807) is 0 Å². The van der Waals surface area contributed by atoms with Gasteiger partial charge in [0.15, 0.2) is 0 Å². The summed E-state index contributed by atoms with van der Waals surface area (Å²) in [7, 11) is 1.94. The van der Waals surface area contributed by atoms with Crippen LogP contribution in [-0.2, 0) is 24.7 Å². The first-order chi connectivity index (χ1) is 9.04. The first-order valence-corrected chi connectivity index (χ1v) is 7.77. The van der Waals surface area contributed by atoms with Crippen molar-refractivity contribution in [2.75, 3.05) is 0 Å². The van der Waals surface area contributed by atoms with Gasteiger partial charge in [-0.15, -0.1) is 0 Å². The van der Waals surface area contributed by atoms with Gasteiger partial charge in [-0.1, -0.05) is 19.8 Å². The van der Waals surface area contributed by atoms with E-state index in [2.05, 4.69) is 28.0 Å². The van der Waals surface area contributed by atoms with Gasteiger partial charge in [-0.05, 0) is 47.5 Å². The van der Waals surface area contributed by atoms with Gasteiger partial charge in [0, 0.05) is 7.05 Å². The molecule has 2 rings (SSSR count). The van der Waals surface area contributed by atoms with Crippen molar-refractivity contribution in [1.29, 1.82) is 0 Å². The van der Waals surface area contributed by atoms with Crippen LogP contribution in [0.4, 0.5) is 0 Å². The Morgan fingerprint density at radius 2 is 2.16 bits per heavy atom. The Morgan fingerprint density at radius 1 is 1.47 bits per heavy atom. The lowest BCUT2D eigenvalue weighted by atomic mass is 9.77. The first-order valence-electron chi connectivity index (χ1n) is 6.97. The monoisotopic (exact) mass is 328 g/mol. The van der Waals surface area contributed by atoms with E-state index in [9.17, 15) is 9.90 Å². The Morgan fingerprint density at radius 3 is 2.74 bits per heavy atom. The zero-order valence-corrected chi connectivity index (χ0v) is 13.1. The number of nitrogens with zero attached hydrogens (tertiary/aromatic N) is 2. The van der Waals surface area contributed by atoms with Crippen molar-refractivity contribution in [2.24, 2.45) is 18.9 Å². The summed E-state index contributed by atoms with van der Waals surface area (Å²) in [6.45, 7) is 2.08. The SMILES string of the molecule is CCc1nn(C)c(CC2CCCCC2C(=O)O)c1Br. The molecule has 19 heavy (non-hydrogen) atoms. The van der Waals surface area contributed by atoms with Gasteiger partial charge in [0.05, 0.1) is 21.8 Å². The van der Waals surface area contributed by atoms with Crippen molar-refractivity contribution in [1.82, 2.24) is 9.78 Å². The summed E-state index contributed by atoms with van der Waals surface area (Å²) in [6.07, 6.45) is 5.71. The van der Waals surface area contributed by atoms with Crippen molar-refractivity contribution in [3.8, 4) is 0 Å². The summed E-state index contributed by atoms with van der Waals surface area (Å²) in [5.41, 5.74) is 2.19. The van der Waals surface area contributed by atoms with Crippen LogP contribution in [0.1, 0.15) is 44.0 Å². The fourth-order valence-corrected chi connectivity index (χ4v) is 3.85. The number of carboxylic acids is 1. The second-order valence-corrected chi connectivity index (χ2v) is 6.17. The molecule has 1 aliphatic carbocycles. The van der Waals surface area contributed by atoms with Crippen LogP contribution < -0.4 is 0 Å². The molecule has 1 fully saturated rings. The van der Waals surface area contributed by atoms with Gasteiger partial charge in [-0.3, -0.25) is 9.48 Å². The van der Waals surface area contributed by atoms with Gasteiger partial charge < -0.3 is 5.11 Å². The maximum absolute atomic E-state index is 11.4. The van der Waals surface area contributed by atoms with E-state index in [0.717, 1.165) is 54.4 Å². The summed E-state index contributed by atoms with van der Waals surface area (Å²) < 4.78 is 2.96. The number of carbonyl (C=O) groups is 1. The van der Waals surface area contributed by atoms with E-state index in [4.69, 9.17) is 0 Å². The molecule has 0 bridgehead atoms. The number of aryl methyl sites for hydroxylation is 2. The number of rotatable bonds is 4. The predicted octanol–water partition coefficient (Wildman–Crippen LogP) is 3.18. The van der Waals surface area contributed by atoms with Crippen LogP contribution in [0.2, 0.25) is 0 Å². The fraction of sp³-hybridized carbons (Fsp3) is 0.714. The molecule has 1 heterocycles. The zero-order valence-electron chi connectivity index (χ0n) is 11.5. The van der Waals surface area contributed by atoms with Crippen LogP contribution in [0, 0.1) is 11.8 Å². The van der Waals surface area contributed by atoms with E-state index in [1.165, 1.54) is 0 Å². The van der Waals surface area contributed by atoms with Gasteiger partial charge in [0.2, 0.25) is 0 Å². The van der Waals surface area contributed by atoms with E-state index < -0.39 is 5.97 Å². The summed E-state index contributed by atoms with van der Waals surface area (Å²) >= 11 is 3.62. The summed E-state index contributed by atoms with van der Waals surface area (Å²) in [6, 6.07) is 0. The fourth-order valence-electron chi connectivity index (χ4n) is 3.07. The van der Waals surface area contributed by atoms with Crippen molar-refractivity contribution in [3.63, 3.8) is 0 Å². The Hall–Kier alpha value is -0.840. The zero-order chi connectivity index (χ0) is 14.0. The number of aromatic nitrogens is 2. The van der Waals surface area contributed by atoms with Crippen molar-refractivity contribution in [3.05, 3.63) is 15.9 Å². The number of halogens is 1. The lowest BCUT2D eigenvalue weighted by Gasteiger charge is -2.28. The Balaban J connectivity index is 2.19. The summed E-state index contributed by atoms with van der Waals surface area (Å²) in [5, 5.41) is 13.8. The third-order valence-electron chi connectivity index (χ3n) is 4.18. The number of hydrogen-bond acceptors (Lipinski definition) is 2. The standard InChI is InChI=1S/C14H21BrN2O2/c1-3-11-13(15)12(17(2)16-11)8-9-6-4-5-7-10(9)14(18)19/h9-10H,3-8H2,1-2H3,(H,18,19). The summed E-state index contributed by atoms with van der Waals surface area (Å²) in [4.78, 5) is 11.4. The molecule has 0 aliphatic heterocycles. The molecule has 0 radical (unpaired) electrons. The van der Waals surface area contributed by atoms with E-state index in [0.29, 0.717) is 0 Å². The molecule has 0 amide bonds. The van der Waals surface area contributed by atoms with Crippen LogP contribution in [0.25, 0.3) is 0 Å². The second kappa shape index (κ2) is 6.07. The Labute approximate surface area is 122 Å². The average Bonchev–Trinajstić information content (AvgIpc) is 2.66. The van der Waals surface area contributed by atoms with Crippen molar-refractivity contribution < 1.29 is 9.90 Å². The largest absolute Gasteiger partial charge is 0.481 e. The van der Waals surface area contributed by atoms with Gasteiger partial charge >= 0.3 is 5.97 Å². The number of aliphatic carboxylic acids is 1. The molecule has 4 nitrogen and oxygen atoms in total. The highest BCUT2D eigenvalue weighted by atomic mass is 79.9. The Kier molecular flexibility index (Phi) is 4.66. The molecule has 0 spiro atoms. The average molecular weight is 329 g/mol. The van der Waals surface area contributed by atoms with E-state index >= 15 is 0 Å². The third kappa shape index (κ3) is 3.02. The Bertz CT molecular complexity index is 470. The molecule has 1 saturated carbocycles. The third-order valence-corrected chi connectivity index (χ3v) is 5.10. The maximum atomic E-state index is 11.4. The minimum absolute atomic E-state index is 0.194. The molecule has 5 heteroatoms. The lowest BCUT2D eigenvalue weighted by Crippen LogP contribution is -2.29. The minimum Gasteiger partial charge on any atom is -0.481 e. The molecule has 2 unspecified atom stereocenters. The van der Waals surface area contributed by atoms with Gasteiger partial charge in [-0.2, -0.15) is 5.10 Å².